The van der Waals surface area contributed by atoms with Gasteiger partial charge in [-0.25, -0.2) is 4.79 Å². The van der Waals surface area contributed by atoms with Crippen LogP contribution in [0.15, 0.2) is 54.6 Å². The largest absolute Gasteiger partial charge is 0.480 e. The summed E-state index contributed by atoms with van der Waals surface area (Å²) in [6, 6.07) is 15.4. The number of hydrogen-bond acceptors (Lipinski definition) is 3. The first-order valence-electron chi connectivity index (χ1n) is 6.27. The van der Waals surface area contributed by atoms with Crippen LogP contribution in [0.25, 0.3) is 0 Å². The molecule has 2 aromatic rings. The molecule has 0 aromatic heterocycles. The zero-order valence-electron chi connectivity index (χ0n) is 10.8. The molecule has 102 valence electrons. The summed E-state index contributed by atoms with van der Waals surface area (Å²) in [6.07, 6.45) is 1.15. The maximum atomic E-state index is 11.3. The SMILES string of the molecule is O=Cc1ccc(N[C@@H](Cc2ccccc2)C(=O)O)cc1. The number of carboxylic acid groups (broad SMARTS) is 1. The number of benzene rings is 2. The number of rotatable bonds is 6. The summed E-state index contributed by atoms with van der Waals surface area (Å²) in [5.74, 6) is -0.909. The van der Waals surface area contributed by atoms with Crippen LogP contribution in [0.5, 0.6) is 0 Å². The van der Waals surface area contributed by atoms with Crippen molar-refractivity contribution in [1.82, 2.24) is 0 Å². The average Bonchev–Trinajstić information content (AvgIpc) is 2.48. The molecule has 0 aliphatic rings. The van der Waals surface area contributed by atoms with E-state index in [1.54, 1.807) is 24.3 Å². The zero-order valence-corrected chi connectivity index (χ0v) is 10.8. The second-order valence-electron chi connectivity index (χ2n) is 4.46. The minimum absolute atomic E-state index is 0.394. The van der Waals surface area contributed by atoms with Gasteiger partial charge in [0.25, 0.3) is 0 Å². The second-order valence-corrected chi connectivity index (χ2v) is 4.46. The van der Waals surface area contributed by atoms with Gasteiger partial charge in [-0.15, -0.1) is 0 Å². The number of nitrogens with one attached hydrogen (secondary N) is 1. The van der Waals surface area contributed by atoms with Gasteiger partial charge in [0, 0.05) is 17.7 Å². The molecule has 0 saturated heterocycles. The van der Waals surface area contributed by atoms with Gasteiger partial charge in [-0.3, -0.25) is 4.79 Å². The molecule has 0 unspecified atom stereocenters. The normalized spacial score (nSPS) is 11.6. The molecule has 0 radical (unpaired) electrons. The van der Waals surface area contributed by atoms with Crippen molar-refractivity contribution in [2.24, 2.45) is 0 Å². The molecule has 2 rings (SSSR count). The van der Waals surface area contributed by atoms with E-state index in [9.17, 15) is 14.7 Å². The van der Waals surface area contributed by atoms with Gasteiger partial charge >= 0.3 is 5.97 Å². The number of carbonyl (C=O) groups excluding carboxylic acids is 1. The fourth-order valence-corrected chi connectivity index (χ4v) is 1.91. The number of carboxylic acids is 1. The maximum Gasteiger partial charge on any atom is 0.326 e. The van der Waals surface area contributed by atoms with Crippen LogP contribution in [-0.2, 0) is 11.2 Å². The summed E-state index contributed by atoms with van der Waals surface area (Å²) in [4.78, 5) is 21.9. The fraction of sp³-hybridized carbons (Fsp3) is 0.125. The van der Waals surface area contributed by atoms with Crippen LogP contribution >= 0.6 is 0 Å². The molecule has 0 heterocycles. The van der Waals surface area contributed by atoms with Crippen LogP contribution < -0.4 is 5.32 Å². The summed E-state index contributed by atoms with van der Waals surface area (Å²) in [6.45, 7) is 0. The molecule has 2 N–H and O–H groups in total. The van der Waals surface area contributed by atoms with Gasteiger partial charge in [-0.2, -0.15) is 0 Å². The molecule has 0 aliphatic heterocycles. The lowest BCUT2D eigenvalue weighted by Crippen LogP contribution is -2.31. The minimum Gasteiger partial charge on any atom is -0.480 e. The molecule has 20 heavy (non-hydrogen) atoms. The molecular weight excluding hydrogens is 254 g/mol. The Hall–Kier alpha value is -2.62. The lowest BCUT2D eigenvalue weighted by molar-refractivity contribution is -0.137. The highest BCUT2D eigenvalue weighted by Gasteiger charge is 2.17. The minimum atomic E-state index is -0.909. The Labute approximate surface area is 117 Å². The third-order valence-electron chi connectivity index (χ3n) is 2.97. The number of aldehydes is 1. The molecule has 0 fully saturated rings. The van der Waals surface area contributed by atoms with Crippen LogP contribution in [-0.4, -0.2) is 23.4 Å². The molecule has 4 nitrogen and oxygen atoms in total. The molecule has 0 amide bonds. The van der Waals surface area contributed by atoms with E-state index in [1.807, 2.05) is 30.3 Å². The van der Waals surface area contributed by atoms with Crippen molar-refractivity contribution in [3.05, 3.63) is 65.7 Å². The fourth-order valence-electron chi connectivity index (χ4n) is 1.91. The Kier molecular flexibility index (Phi) is 4.50. The Morgan fingerprint density at radius 3 is 2.30 bits per heavy atom. The van der Waals surface area contributed by atoms with Crippen molar-refractivity contribution in [3.8, 4) is 0 Å². The van der Waals surface area contributed by atoms with Crippen molar-refractivity contribution >= 4 is 17.9 Å². The van der Waals surface area contributed by atoms with Crippen molar-refractivity contribution < 1.29 is 14.7 Å². The van der Waals surface area contributed by atoms with E-state index >= 15 is 0 Å². The van der Waals surface area contributed by atoms with E-state index < -0.39 is 12.0 Å². The van der Waals surface area contributed by atoms with E-state index in [0.717, 1.165) is 11.8 Å². The van der Waals surface area contributed by atoms with Crippen molar-refractivity contribution in [1.29, 1.82) is 0 Å². The molecule has 0 aliphatic carbocycles. The van der Waals surface area contributed by atoms with Gasteiger partial charge in [-0.05, 0) is 29.8 Å². The molecule has 4 heteroatoms. The predicted molar refractivity (Wildman–Crippen MR) is 77.0 cm³/mol. The molecule has 2 aromatic carbocycles. The highest BCUT2D eigenvalue weighted by Crippen LogP contribution is 2.12. The molecular formula is C16H15NO3. The summed E-state index contributed by atoms with van der Waals surface area (Å²) in [5.41, 5.74) is 2.20. The molecule has 1 atom stereocenters. The summed E-state index contributed by atoms with van der Waals surface area (Å²) < 4.78 is 0. The lowest BCUT2D eigenvalue weighted by Gasteiger charge is -2.16. The standard InChI is InChI=1S/C16H15NO3/c18-11-13-6-8-14(9-7-13)17-15(16(19)20)10-12-4-2-1-3-5-12/h1-9,11,15,17H,10H2,(H,19,20)/t15-/m0/s1. The van der Waals surface area contributed by atoms with Crippen molar-refractivity contribution in [3.63, 3.8) is 0 Å². The predicted octanol–water partition coefficient (Wildman–Crippen LogP) is 2.61. The first kappa shape index (κ1) is 13.8. The van der Waals surface area contributed by atoms with Crippen molar-refractivity contribution in [2.75, 3.05) is 5.32 Å². The van der Waals surface area contributed by atoms with Gasteiger partial charge < -0.3 is 10.4 Å². The summed E-state index contributed by atoms with van der Waals surface area (Å²) >= 11 is 0. The third kappa shape index (κ3) is 3.68. The van der Waals surface area contributed by atoms with E-state index in [0.29, 0.717) is 17.7 Å². The smallest absolute Gasteiger partial charge is 0.326 e. The van der Waals surface area contributed by atoms with Crippen LogP contribution in [0, 0.1) is 0 Å². The van der Waals surface area contributed by atoms with Gasteiger partial charge in [0.1, 0.15) is 12.3 Å². The second kappa shape index (κ2) is 6.52. The Morgan fingerprint density at radius 2 is 1.75 bits per heavy atom. The lowest BCUT2D eigenvalue weighted by atomic mass is 10.1. The number of carbonyl (C=O) groups is 2. The highest BCUT2D eigenvalue weighted by atomic mass is 16.4. The van der Waals surface area contributed by atoms with E-state index in [-0.39, 0.29) is 0 Å². The monoisotopic (exact) mass is 269 g/mol. The Morgan fingerprint density at radius 1 is 1.10 bits per heavy atom. The molecule has 0 spiro atoms. The Balaban J connectivity index is 2.09. The Bertz CT molecular complexity index is 578. The zero-order chi connectivity index (χ0) is 14.4. The van der Waals surface area contributed by atoms with E-state index in [4.69, 9.17) is 0 Å². The summed E-state index contributed by atoms with van der Waals surface area (Å²) in [5, 5.41) is 12.2. The van der Waals surface area contributed by atoms with E-state index in [1.165, 1.54) is 0 Å². The van der Waals surface area contributed by atoms with Gasteiger partial charge in [0.05, 0.1) is 0 Å². The van der Waals surface area contributed by atoms with Crippen LogP contribution in [0.3, 0.4) is 0 Å². The topological polar surface area (TPSA) is 66.4 Å². The van der Waals surface area contributed by atoms with Crippen LogP contribution in [0.4, 0.5) is 5.69 Å². The van der Waals surface area contributed by atoms with Crippen LogP contribution in [0.1, 0.15) is 15.9 Å². The number of aliphatic carboxylic acids is 1. The summed E-state index contributed by atoms with van der Waals surface area (Å²) in [7, 11) is 0. The van der Waals surface area contributed by atoms with Crippen LogP contribution in [0.2, 0.25) is 0 Å². The number of hydrogen-bond donors (Lipinski definition) is 2. The molecule has 0 bridgehead atoms. The third-order valence-corrected chi connectivity index (χ3v) is 2.97. The molecule has 0 saturated carbocycles. The first-order chi connectivity index (χ1) is 9.69. The van der Waals surface area contributed by atoms with Gasteiger partial charge in [0.15, 0.2) is 0 Å². The quantitative estimate of drug-likeness (QED) is 0.791. The maximum absolute atomic E-state index is 11.3. The first-order valence-corrected chi connectivity index (χ1v) is 6.27. The number of anilines is 1. The highest BCUT2D eigenvalue weighted by molar-refractivity contribution is 5.79. The van der Waals surface area contributed by atoms with E-state index in [2.05, 4.69) is 5.32 Å². The van der Waals surface area contributed by atoms with Crippen molar-refractivity contribution in [2.45, 2.75) is 12.5 Å². The average molecular weight is 269 g/mol. The van der Waals surface area contributed by atoms with Gasteiger partial charge in [0.2, 0.25) is 0 Å². The van der Waals surface area contributed by atoms with Gasteiger partial charge in [-0.1, -0.05) is 30.3 Å².